The second-order valence-electron chi connectivity index (χ2n) is 11.0. The highest BCUT2D eigenvalue weighted by Crippen LogP contribution is 2.63. The average molecular weight is 697 g/mol. The lowest BCUT2D eigenvalue weighted by atomic mass is 9.47. The molecule has 218 valence electrons. The normalized spacial score (nSPS) is 22.8. The summed E-state index contributed by atoms with van der Waals surface area (Å²) in [6.07, 6.45) is 1.60. The van der Waals surface area contributed by atoms with E-state index in [1.165, 1.54) is 24.3 Å². The van der Waals surface area contributed by atoms with Crippen LogP contribution in [0.15, 0.2) is 102 Å². The number of benzene rings is 4. The smallest absolute Gasteiger partial charge is 0.269 e. The van der Waals surface area contributed by atoms with E-state index in [0.29, 0.717) is 0 Å². The van der Waals surface area contributed by atoms with E-state index < -0.39 is 28.1 Å². The van der Waals surface area contributed by atoms with Gasteiger partial charge in [-0.2, -0.15) is 5.10 Å². The lowest BCUT2D eigenvalue weighted by Crippen LogP contribution is -2.54. The molecular weight excluding hydrogens is 673 g/mol. The number of carbonyl (C=O) groups excluding carboxylic acids is 3. The van der Waals surface area contributed by atoms with Crippen molar-refractivity contribution in [3.8, 4) is 0 Å². The molecule has 44 heavy (non-hydrogen) atoms. The Bertz CT molecular complexity index is 1830. The highest BCUT2D eigenvalue weighted by Gasteiger charge is 2.68. The SMILES string of the molecule is O=C(CNc1ccc(I)cc1)N/N=C\C12c3ccccc3C(c3ccccc31)[C@@H]1C(=O)N(c3ccc([N+](=O)[O-])cc3)C(=O)[C@@H]12. The van der Waals surface area contributed by atoms with Gasteiger partial charge in [-0.15, -0.1) is 0 Å². The second-order valence-corrected chi connectivity index (χ2v) is 12.2. The third-order valence-corrected chi connectivity index (χ3v) is 9.48. The minimum Gasteiger partial charge on any atom is -0.376 e. The van der Waals surface area contributed by atoms with Crippen molar-refractivity contribution in [3.63, 3.8) is 0 Å². The summed E-state index contributed by atoms with van der Waals surface area (Å²) in [6, 6.07) is 28.5. The highest BCUT2D eigenvalue weighted by atomic mass is 127. The zero-order valence-electron chi connectivity index (χ0n) is 23.0. The van der Waals surface area contributed by atoms with Crippen LogP contribution in [0.4, 0.5) is 17.1 Å². The van der Waals surface area contributed by atoms with E-state index in [9.17, 15) is 24.5 Å². The minimum absolute atomic E-state index is 0.0163. The molecule has 4 aliphatic rings. The minimum atomic E-state index is -1.15. The molecule has 8 rings (SSSR count). The Morgan fingerprint density at radius 1 is 0.909 bits per heavy atom. The van der Waals surface area contributed by atoms with Crippen molar-refractivity contribution in [2.24, 2.45) is 16.9 Å². The van der Waals surface area contributed by atoms with Gasteiger partial charge in [-0.25, -0.2) is 10.3 Å². The van der Waals surface area contributed by atoms with E-state index in [4.69, 9.17) is 0 Å². The van der Waals surface area contributed by atoms with Gasteiger partial charge in [0.1, 0.15) is 0 Å². The summed E-state index contributed by atoms with van der Waals surface area (Å²) in [4.78, 5) is 53.2. The Morgan fingerprint density at radius 3 is 2.14 bits per heavy atom. The van der Waals surface area contributed by atoms with Gasteiger partial charge < -0.3 is 5.32 Å². The van der Waals surface area contributed by atoms with Gasteiger partial charge in [0, 0.05) is 33.5 Å². The fourth-order valence-electron chi connectivity index (χ4n) is 7.02. The highest BCUT2D eigenvalue weighted by molar-refractivity contribution is 14.1. The third kappa shape index (κ3) is 4.21. The molecule has 2 bridgehead atoms. The molecule has 1 fully saturated rings. The number of hydrogen-bond donors (Lipinski definition) is 2. The first kappa shape index (κ1) is 27.9. The van der Waals surface area contributed by atoms with Crippen LogP contribution < -0.4 is 15.6 Å². The number of nitrogens with zero attached hydrogens (tertiary/aromatic N) is 3. The maximum atomic E-state index is 14.4. The first-order valence-electron chi connectivity index (χ1n) is 13.9. The predicted molar refractivity (Wildman–Crippen MR) is 172 cm³/mol. The summed E-state index contributed by atoms with van der Waals surface area (Å²) in [5.41, 5.74) is 5.95. The molecule has 11 heteroatoms. The molecule has 0 unspecified atom stereocenters. The quantitative estimate of drug-likeness (QED) is 0.0922. The van der Waals surface area contributed by atoms with E-state index in [-0.39, 0.29) is 35.7 Å². The molecule has 4 aromatic rings. The number of imide groups is 1. The van der Waals surface area contributed by atoms with Crippen LogP contribution in [0.1, 0.15) is 28.2 Å². The van der Waals surface area contributed by atoms with Gasteiger partial charge in [0.05, 0.1) is 34.4 Å². The Hall–Kier alpha value is -4.91. The number of non-ortho nitro benzene ring substituents is 1. The summed E-state index contributed by atoms with van der Waals surface area (Å²) in [5, 5.41) is 18.7. The standard InChI is InChI=1S/C33H24IN5O5/c34-19-9-11-20(12-10-19)35-17-27(40)37-36-18-33-25-7-3-1-5-23(25)28(24-6-2-4-8-26(24)33)29-30(33)32(42)38(31(29)41)21-13-15-22(16-14-21)39(43)44/h1-16,18,28-30,35H,17H2,(H,37,40)/b36-18-/t28?,29-,30+,33?/m0/s1. The Kier molecular flexibility index (Phi) is 6.76. The number of amides is 3. The van der Waals surface area contributed by atoms with E-state index in [1.54, 1.807) is 6.21 Å². The summed E-state index contributed by atoms with van der Waals surface area (Å²) in [6.45, 7) is -0.0163. The van der Waals surface area contributed by atoms with Crippen molar-refractivity contribution < 1.29 is 19.3 Å². The molecule has 0 saturated carbocycles. The zero-order valence-corrected chi connectivity index (χ0v) is 25.2. The molecule has 2 N–H and O–H groups in total. The molecule has 3 aliphatic carbocycles. The molecule has 2 atom stereocenters. The van der Waals surface area contributed by atoms with Gasteiger partial charge in [0.15, 0.2) is 0 Å². The van der Waals surface area contributed by atoms with Crippen LogP contribution in [-0.2, 0) is 19.8 Å². The number of nitrogens with one attached hydrogen (secondary N) is 2. The molecular formula is C33H24IN5O5. The first-order valence-corrected chi connectivity index (χ1v) is 15.0. The molecule has 0 radical (unpaired) electrons. The Balaban J connectivity index is 1.28. The molecule has 0 spiro atoms. The third-order valence-electron chi connectivity index (χ3n) is 8.76. The number of nitro benzene ring substituents is 1. The monoisotopic (exact) mass is 697 g/mol. The number of carbonyl (C=O) groups is 3. The van der Waals surface area contributed by atoms with Gasteiger partial charge in [-0.1, -0.05) is 48.5 Å². The molecule has 1 heterocycles. The molecule has 10 nitrogen and oxygen atoms in total. The first-order chi connectivity index (χ1) is 21.3. The summed E-state index contributed by atoms with van der Waals surface area (Å²) in [7, 11) is 0. The number of hydrogen-bond acceptors (Lipinski definition) is 7. The van der Waals surface area contributed by atoms with Gasteiger partial charge in [0.25, 0.3) is 11.6 Å². The summed E-state index contributed by atoms with van der Waals surface area (Å²) < 4.78 is 1.08. The Labute approximate surface area is 265 Å². The molecule has 3 amide bonds. The van der Waals surface area contributed by atoms with Crippen molar-refractivity contribution in [3.05, 3.63) is 133 Å². The lowest BCUT2D eigenvalue weighted by Gasteiger charge is -2.52. The zero-order chi connectivity index (χ0) is 30.6. The fourth-order valence-corrected chi connectivity index (χ4v) is 7.38. The number of halogens is 1. The molecule has 0 aromatic heterocycles. The van der Waals surface area contributed by atoms with Gasteiger partial charge in [-0.05, 0) is 81.2 Å². The maximum absolute atomic E-state index is 14.4. The second kappa shape index (κ2) is 10.7. The number of nitro groups is 1. The van der Waals surface area contributed by atoms with Gasteiger partial charge >= 0.3 is 0 Å². The van der Waals surface area contributed by atoms with Crippen molar-refractivity contribution in [2.75, 3.05) is 16.8 Å². The van der Waals surface area contributed by atoms with E-state index >= 15 is 0 Å². The van der Waals surface area contributed by atoms with Crippen molar-refractivity contribution >= 4 is 63.6 Å². The predicted octanol–water partition coefficient (Wildman–Crippen LogP) is 4.96. The summed E-state index contributed by atoms with van der Waals surface area (Å²) in [5.74, 6) is -3.10. The van der Waals surface area contributed by atoms with E-state index in [2.05, 4.69) is 38.4 Å². The summed E-state index contributed by atoms with van der Waals surface area (Å²) >= 11 is 2.21. The van der Waals surface area contributed by atoms with Crippen LogP contribution in [0.5, 0.6) is 0 Å². The van der Waals surface area contributed by atoms with E-state index in [1.807, 2.05) is 72.8 Å². The molecule has 1 saturated heterocycles. The van der Waals surface area contributed by atoms with Crippen LogP contribution in [0.2, 0.25) is 0 Å². The van der Waals surface area contributed by atoms with Crippen LogP contribution in [0, 0.1) is 25.5 Å². The maximum Gasteiger partial charge on any atom is 0.269 e. The van der Waals surface area contributed by atoms with Crippen molar-refractivity contribution in [2.45, 2.75) is 11.3 Å². The number of anilines is 2. The van der Waals surface area contributed by atoms with Crippen molar-refractivity contribution in [1.29, 1.82) is 0 Å². The Morgan fingerprint density at radius 2 is 1.52 bits per heavy atom. The topological polar surface area (TPSA) is 134 Å². The fraction of sp³-hybridized carbons (Fsp3) is 0.152. The van der Waals surface area contributed by atoms with Crippen LogP contribution in [0.3, 0.4) is 0 Å². The van der Waals surface area contributed by atoms with Crippen molar-refractivity contribution in [1.82, 2.24) is 5.43 Å². The molecule has 1 aliphatic heterocycles. The number of rotatable bonds is 7. The average Bonchev–Trinajstić information content (AvgIpc) is 3.31. The van der Waals surface area contributed by atoms with Gasteiger partial charge in [-0.3, -0.25) is 24.5 Å². The lowest BCUT2D eigenvalue weighted by molar-refractivity contribution is -0.384. The molecule has 4 aromatic carbocycles. The number of hydrazone groups is 1. The van der Waals surface area contributed by atoms with Crippen LogP contribution in [0.25, 0.3) is 0 Å². The van der Waals surface area contributed by atoms with E-state index in [0.717, 1.165) is 36.4 Å². The van der Waals surface area contributed by atoms with Crippen LogP contribution >= 0.6 is 22.6 Å². The van der Waals surface area contributed by atoms with Crippen LogP contribution in [-0.4, -0.2) is 35.4 Å². The van der Waals surface area contributed by atoms with Gasteiger partial charge in [0.2, 0.25) is 11.8 Å². The largest absolute Gasteiger partial charge is 0.376 e.